The normalized spacial score (nSPS) is 98.0. The third-order valence-corrected chi connectivity index (χ3v) is 57.4. The third kappa shape index (κ3) is 0.100. The van der Waals surface area contributed by atoms with Gasteiger partial charge < -0.3 is 0 Å². The van der Waals surface area contributed by atoms with Crippen molar-refractivity contribution >= 4 is 5.69 Å². The maximum absolute atomic E-state index is 10.0. The zero-order chi connectivity index (χ0) is 12.8. The fourth-order valence-electron chi connectivity index (χ4n) is 16.4. The number of nitro groups is 1. The Kier molecular flexibility index (Phi) is 0.292. The summed E-state index contributed by atoms with van der Waals surface area (Å²) in [4.78, 5) is 25.5. The summed E-state index contributed by atoms with van der Waals surface area (Å²) < 4.78 is 0. The molecule has 10 saturated heterocycles. The molecule has 0 bridgehead atoms. The van der Waals surface area contributed by atoms with Crippen LogP contribution in [0.2, 0.25) is 48.2 Å². The predicted octanol–water partition coefficient (Wildman–Crippen LogP) is 4.97. The Hall–Kier alpha value is -0.861. The maximum atomic E-state index is 10.0. The fourth-order valence-corrected chi connectivity index (χ4v) is 88.5. The van der Waals surface area contributed by atoms with Crippen LogP contribution < -0.4 is 0 Å². The van der Waals surface area contributed by atoms with Crippen molar-refractivity contribution in [2.45, 2.75) is 48.2 Å². The third-order valence-electron chi connectivity index (χ3n) is 15.5. The molecule has 0 aliphatic carbocycles. The summed E-state index contributed by atoms with van der Waals surface area (Å²) in [7, 11) is 0. The first-order chi connectivity index (χ1) is 9.46. The number of para-hydroxylation sites is 1. The minimum absolute atomic E-state index is 0.137. The second-order valence-corrected chi connectivity index (χ2v) is 35.1. The van der Waals surface area contributed by atoms with E-state index in [-0.39, 0.29) is 5.69 Å². The van der Waals surface area contributed by atoms with E-state index in [1.54, 1.807) is 66.4 Å². The molecule has 0 radical (unpaired) electrons. The molecule has 10 fully saturated rings. The zero-order valence-electron chi connectivity index (χ0n) is 10.8. The average molecular weight is 309 g/mol. The summed E-state index contributed by atoms with van der Waals surface area (Å²) in [6.07, 6.45) is 0. The molecular formula is C16H15FeNO2. The first-order valence-corrected chi connectivity index (χ1v) is 14.2. The van der Waals surface area contributed by atoms with Crippen LogP contribution in [0.5, 0.6) is 0 Å². The molecule has 0 amide bonds. The van der Waals surface area contributed by atoms with E-state index in [0.717, 1.165) is 0 Å². The van der Waals surface area contributed by atoms with Gasteiger partial charge in [0.1, 0.15) is 0 Å². The molecule has 3 nitrogen and oxygen atoms in total. The SMILES string of the molecule is O=[N+]([O-])c1ccccc1.[CH]12[CH]3[CH]4[CH]5[CH]1[Fe]23451678[CH]2[CH]1[CH]6[CH]7[CH]28. The summed E-state index contributed by atoms with van der Waals surface area (Å²) in [6, 6.07) is 7.93. The first kappa shape index (κ1) is 7.95. The number of hydrogen-bond acceptors (Lipinski definition) is 2. The van der Waals surface area contributed by atoms with Crippen molar-refractivity contribution in [3.05, 3.63) is 40.4 Å². The number of hydrogen-bond donors (Lipinski definition) is 0. The molecule has 0 atom stereocenters. The Morgan fingerprint density at radius 2 is 1.10 bits per heavy atom. The van der Waals surface area contributed by atoms with Gasteiger partial charge >= 0.3 is 54.7 Å². The van der Waals surface area contributed by atoms with Crippen LogP contribution in [0.25, 0.3) is 0 Å². The van der Waals surface area contributed by atoms with Gasteiger partial charge in [-0.3, -0.25) is 10.1 Å². The average Bonchev–Trinajstić information content (AvgIpc) is 3.40. The quantitative estimate of drug-likeness (QED) is 0.417. The molecule has 4 heteroatoms. The first-order valence-electron chi connectivity index (χ1n) is 7.87. The molecule has 10 aliphatic heterocycles. The van der Waals surface area contributed by atoms with Crippen molar-refractivity contribution in [2.75, 3.05) is 0 Å². The topological polar surface area (TPSA) is 43.1 Å². The van der Waals surface area contributed by atoms with Gasteiger partial charge in [-0.2, -0.15) is 0 Å². The van der Waals surface area contributed by atoms with Crippen molar-refractivity contribution in [1.82, 2.24) is 0 Å². The molecule has 104 valence electrons. The summed E-state index contributed by atoms with van der Waals surface area (Å²) in [5.74, 6) is 0. The van der Waals surface area contributed by atoms with Crippen molar-refractivity contribution in [1.29, 1.82) is 0 Å². The van der Waals surface area contributed by atoms with E-state index in [2.05, 4.69) is 0 Å². The number of fused-ring (bicyclic) bond motifs is 10. The van der Waals surface area contributed by atoms with Crippen molar-refractivity contribution in [3.63, 3.8) is 0 Å². The molecule has 20 heavy (non-hydrogen) atoms. The molecule has 1 spiro atoms. The molecule has 1 aromatic rings. The Morgan fingerprint density at radius 1 is 0.750 bits per heavy atom. The van der Waals surface area contributed by atoms with Crippen LogP contribution in [0.1, 0.15) is 0 Å². The van der Waals surface area contributed by atoms with Crippen molar-refractivity contribution < 1.29 is 11.4 Å². The van der Waals surface area contributed by atoms with Crippen molar-refractivity contribution in [3.8, 4) is 0 Å². The van der Waals surface area contributed by atoms with Crippen molar-refractivity contribution in [2.24, 2.45) is 0 Å². The molecular weight excluding hydrogens is 294 g/mol. The van der Waals surface area contributed by atoms with E-state index >= 15 is 0 Å². The van der Waals surface area contributed by atoms with Crippen LogP contribution in [0.15, 0.2) is 30.3 Å². The van der Waals surface area contributed by atoms with Gasteiger partial charge in [0.25, 0.3) is 5.69 Å². The number of rotatable bonds is 1. The standard InChI is InChI=1S/C6H5NO2.2C5H5.Fe/c8-7(9)6-4-2-1-3-5-6;2*1-2-4-5-3-1;/h1-5H;2*1-5H;. The molecule has 0 saturated carbocycles. The van der Waals surface area contributed by atoms with E-state index in [0.29, 0.717) is 0 Å². The minimum atomic E-state index is -2.28. The molecule has 0 aromatic heterocycles. The summed E-state index contributed by atoms with van der Waals surface area (Å²) in [5, 5.41) is 10.0. The van der Waals surface area contributed by atoms with Crippen LogP contribution in [-0.2, 0) is 6.51 Å². The number of non-ortho nitro benzene ring substituents is 1. The fraction of sp³-hybridized carbons (Fsp3) is 0.625. The van der Waals surface area contributed by atoms with E-state index in [9.17, 15) is 10.1 Å². The van der Waals surface area contributed by atoms with Gasteiger partial charge in [-0.1, -0.05) is 18.2 Å². The Labute approximate surface area is 106 Å². The predicted molar refractivity (Wildman–Crippen MR) is 70.6 cm³/mol. The van der Waals surface area contributed by atoms with E-state index < -0.39 is 11.4 Å². The Bertz CT molecular complexity index is 946. The van der Waals surface area contributed by atoms with Gasteiger partial charge in [0.15, 0.2) is 0 Å². The second kappa shape index (κ2) is 0.735. The summed E-state index contributed by atoms with van der Waals surface area (Å²) in [5.41, 5.74) is 0.137. The summed E-state index contributed by atoms with van der Waals surface area (Å²) >= 11 is 0. The second-order valence-electron chi connectivity index (χ2n) is 11.2. The van der Waals surface area contributed by atoms with Gasteiger partial charge in [-0.15, -0.1) is 0 Å². The van der Waals surface area contributed by atoms with Crippen LogP contribution >= 0.6 is 0 Å². The molecule has 10 aliphatic rings. The van der Waals surface area contributed by atoms with Crippen LogP contribution in [0, 0.1) is 10.1 Å². The molecule has 0 unspecified atom stereocenters. The van der Waals surface area contributed by atoms with Gasteiger partial charge in [-0.25, -0.2) is 0 Å². The monoisotopic (exact) mass is 309 g/mol. The van der Waals surface area contributed by atoms with E-state index in [1.807, 2.05) is 0 Å². The molecule has 11 rings (SSSR count). The van der Waals surface area contributed by atoms with Gasteiger partial charge in [0.05, 0.1) is 4.92 Å². The molecule has 10 heterocycles. The molecule has 0 N–H and O–H groups in total. The van der Waals surface area contributed by atoms with Gasteiger partial charge in [-0.05, 0) is 0 Å². The number of nitrogens with zero attached hydrogens (tertiary/aromatic N) is 1. The Morgan fingerprint density at radius 3 is 1.25 bits per heavy atom. The summed E-state index contributed by atoms with van der Waals surface area (Å²) in [6.45, 7) is -2.28. The number of benzene rings is 1. The van der Waals surface area contributed by atoms with Crippen LogP contribution in [0.4, 0.5) is 5.69 Å². The van der Waals surface area contributed by atoms with Crippen LogP contribution in [0.3, 0.4) is 0 Å². The van der Waals surface area contributed by atoms with E-state index in [4.69, 9.17) is 0 Å². The zero-order valence-corrected chi connectivity index (χ0v) is 11.9. The molecule has 1 aromatic carbocycles. The number of nitro benzene ring substituents is 1. The van der Waals surface area contributed by atoms with Gasteiger partial charge in [0, 0.05) is 12.1 Å². The Balaban J connectivity index is 0.0000000802. The van der Waals surface area contributed by atoms with Gasteiger partial charge in [0.2, 0.25) is 0 Å². The van der Waals surface area contributed by atoms with E-state index in [1.165, 1.54) is 12.1 Å². The van der Waals surface area contributed by atoms with Crippen LogP contribution in [-0.4, -0.2) is 4.92 Å².